The van der Waals surface area contributed by atoms with E-state index in [0.29, 0.717) is 11.4 Å². The Morgan fingerprint density at radius 1 is 1.07 bits per heavy atom. The molecule has 1 atom stereocenters. The van der Waals surface area contributed by atoms with Gasteiger partial charge in [-0.05, 0) is 48.2 Å². The summed E-state index contributed by atoms with van der Waals surface area (Å²) in [5.74, 6) is 0.332. The Bertz CT molecular complexity index is 950. The fraction of sp³-hybridized carbons (Fsp3) is 0.409. The highest BCUT2D eigenvalue weighted by Crippen LogP contribution is 2.30. The largest absolute Gasteiger partial charge is 0.483 e. The maximum Gasteiger partial charge on any atom is 0.262 e. The lowest BCUT2D eigenvalue weighted by Gasteiger charge is -2.22. The van der Waals surface area contributed by atoms with Crippen LogP contribution in [0.1, 0.15) is 33.3 Å². The molecule has 1 unspecified atom stereocenters. The van der Waals surface area contributed by atoms with Crippen molar-refractivity contribution in [2.75, 3.05) is 25.6 Å². The highest BCUT2D eigenvalue weighted by atomic mass is 32.2. The van der Waals surface area contributed by atoms with Crippen molar-refractivity contribution in [3.63, 3.8) is 0 Å². The number of amides is 1. The summed E-state index contributed by atoms with van der Waals surface area (Å²) in [5.41, 5.74) is 1.39. The van der Waals surface area contributed by atoms with Gasteiger partial charge in [0, 0.05) is 18.8 Å². The van der Waals surface area contributed by atoms with Gasteiger partial charge in [-0.2, -0.15) is 0 Å². The van der Waals surface area contributed by atoms with E-state index in [-0.39, 0.29) is 35.5 Å². The van der Waals surface area contributed by atoms with Gasteiger partial charge in [-0.1, -0.05) is 39.0 Å². The lowest BCUT2D eigenvalue weighted by atomic mass is 9.86. The molecule has 0 spiro atoms. The lowest BCUT2D eigenvalue weighted by Crippen LogP contribution is -2.35. The van der Waals surface area contributed by atoms with E-state index in [2.05, 4.69) is 30.8 Å². The number of carbonyl (C=O) groups excluding carboxylic acids is 1. The molecule has 2 aromatic rings. The molecule has 30 heavy (non-hydrogen) atoms. The van der Waals surface area contributed by atoms with Gasteiger partial charge >= 0.3 is 0 Å². The van der Waals surface area contributed by atoms with Crippen molar-refractivity contribution < 1.29 is 22.7 Å². The third-order valence-electron chi connectivity index (χ3n) is 4.28. The Kier molecular flexibility index (Phi) is 8.00. The van der Waals surface area contributed by atoms with Crippen molar-refractivity contribution in [3.8, 4) is 5.75 Å². The van der Waals surface area contributed by atoms with Crippen LogP contribution in [0.25, 0.3) is 0 Å². The fourth-order valence-electron chi connectivity index (χ4n) is 2.89. The summed E-state index contributed by atoms with van der Waals surface area (Å²) < 4.78 is 37.9. The summed E-state index contributed by atoms with van der Waals surface area (Å²) in [6, 6.07) is 13.2. The number of sulfonamides is 1. The maximum absolute atomic E-state index is 12.3. The molecular formula is C22H30N2O5S. The molecule has 1 amide bonds. The third-order valence-corrected chi connectivity index (χ3v) is 5.88. The number of anilines is 1. The first-order chi connectivity index (χ1) is 14.0. The predicted molar refractivity (Wildman–Crippen MR) is 117 cm³/mol. The molecule has 0 radical (unpaired) electrons. The first kappa shape index (κ1) is 23.9. The van der Waals surface area contributed by atoms with E-state index in [0.717, 1.165) is 5.56 Å². The first-order valence-corrected chi connectivity index (χ1v) is 11.1. The summed E-state index contributed by atoms with van der Waals surface area (Å²) in [4.78, 5) is 12.4. The van der Waals surface area contributed by atoms with Gasteiger partial charge in [0.05, 0.1) is 11.5 Å². The number of para-hydroxylation sites is 1. The van der Waals surface area contributed by atoms with Crippen LogP contribution in [0.4, 0.5) is 5.69 Å². The van der Waals surface area contributed by atoms with Crippen LogP contribution in [-0.2, 0) is 25.0 Å². The van der Waals surface area contributed by atoms with Gasteiger partial charge in [-0.3, -0.25) is 4.79 Å². The second-order valence-corrected chi connectivity index (χ2v) is 9.80. The molecule has 0 heterocycles. The second-order valence-electron chi connectivity index (χ2n) is 8.09. The van der Waals surface area contributed by atoms with Gasteiger partial charge in [-0.15, -0.1) is 0 Å². The number of hydrogen-bond donors (Lipinski definition) is 2. The Labute approximate surface area is 178 Å². The van der Waals surface area contributed by atoms with E-state index in [4.69, 9.17) is 9.47 Å². The van der Waals surface area contributed by atoms with Crippen molar-refractivity contribution >= 4 is 21.6 Å². The zero-order chi connectivity index (χ0) is 22.4. The monoisotopic (exact) mass is 434 g/mol. The van der Waals surface area contributed by atoms with Gasteiger partial charge in [0.2, 0.25) is 10.0 Å². The summed E-state index contributed by atoms with van der Waals surface area (Å²) in [6.07, 6.45) is 0. The van der Waals surface area contributed by atoms with Crippen LogP contribution >= 0.6 is 0 Å². The summed E-state index contributed by atoms with van der Waals surface area (Å²) in [7, 11) is -2.15. The second kappa shape index (κ2) is 10.1. The summed E-state index contributed by atoms with van der Waals surface area (Å²) >= 11 is 0. The van der Waals surface area contributed by atoms with E-state index in [1.807, 2.05) is 24.3 Å². The molecule has 0 aromatic heterocycles. The average Bonchev–Trinajstić information content (AvgIpc) is 2.66. The molecule has 2 rings (SSSR count). The van der Waals surface area contributed by atoms with E-state index in [9.17, 15) is 13.2 Å². The van der Waals surface area contributed by atoms with E-state index in [1.54, 1.807) is 6.92 Å². The highest BCUT2D eigenvalue weighted by Gasteiger charge is 2.19. The zero-order valence-electron chi connectivity index (χ0n) is 18.1. The Morgan fingerprint density at radius 3 is 2.30 bits per heavy atom. The number of methoxy groups -OCH3 is 1. The van der Waals surface area contributed by atoms with Crippen LogP contribution in [0.2, 0.25) is 0 Å². The standard InChI is InChI=1S/C22H30N2O5S/c1-16(14-28-5)24-30(26,27)18-12-10-17(11-13-18)23-21(25)15-29-20-9-7-6-8-19(20)22(2,3)4/h6-13,16,24H,14-15H2,1-5H3,(H,23,25). The Morgan fingerprint density at radius 2 is 1.70 bits per heavy atom. The normalized spacial score (nSPS) is 13.0. The number of hydrogen-bond acceptors (Lipinski definition) is 5. The van der Waals surface area contributed by atoms with Gasteiger partial charge in [0.15, 0.2) is 6.61 Å². The minimum absolute atomic E-state index is 0.108. The molecule has 8 heteroatoms. The van der Waals surface area contributed by atoms with Crippen molar-refractivity contribution in [3.05, 3.63) is 54.1 Å². The molecule has 0 bridgehead atoms. The van der Waals surface area contributed by atoms with Crippen LogP contribution < -0.4 is 14.8 Å². The predicted octanol–water partition coefficient (Wildman–Crippen LogP) is 3.31. The molecule has 0 saturated heterocycles. The Hall–Kier alpha value is -2.42. The van der Waals surface area contributed by atoms with Crippen molar-refractivity contribution in [1.29, 1.82) is 0 Å². The number of ether oxygens (including phenoxy) is 2. The maximum atomic E-state index is 12.3. The quantitative estimate of drug-likeness (QED) is 0.632. The number of rotatable bonds is 9. The molecule has 164 valence electrons. The molecule has 0 fully saturated rings. The molecule has 7 nitrogen and oxygen atoms in total. The molecule has 2 aromatic carbocycles. The summed E-state index contributed by atoms with van der Waals surface area (Å²) in [5, 5.41) is 2.71. The smallest absolute Gasteiger partial charge is 0.262 e. The molecule has 0 aliphatic rings. The van der Waals surface area contributed by atoms with E-state index in [1.165, 1.54) is 31.4 Å². The van der Waals surface area contributed by atoms with Crippen molar-refractivity contribution in [2.24, 2.45) is 0 Å². The zero-order valence-corrected chi connectivity index (χ0v) is 18.9. The van der Waals surface area contributed by atoms with Crippen LogP contribution in [0.15, 0.2) is 53.4 Å². The molecule has 0 saturated carbocycles. The minimum Gasteiger partial charge on any atom is -0.483 e. The minimum atomic E-state index is -3.66. The number of carbonyl (C=O) groups is 1. The van der Waals surface area contributed by atoms with Crippen LogP contribution in [0.5, 0.6) is 5.75 Å². The molecule has 2 N–H and O–H groups in total. The lowest BCUT2D eigenvalue weighted by molar-refractivity contribution is -0.118. The Balaban J connectivity index is 1.97. The van der Waals surface area contributed by atoms with Gasteiger partial charge < -0.3 is 14.8 Å². The number of benzene rings is 2. The average molecular weight is 435 g/mol. The van der Waals surface area contributed by atoms with Crippen molar-refractivity contribution in [2.45, 2.75) is 44.0 Å². The summed E-state index contributed by atoms with van der Waals surface area (Å²) in [6.45, 7) is 8.07. The molecular weight excluding hydrogens is 404 g/mol. The first-order valence-electron chi connectivity index (χ1n) is 9.66. The van der Waals surface area contributed by atoms with E-state index >= 15 is 0 Å². The van der Waals surface area contributed by atoms with Crippen LogP contribution in [0, 0.1) is 0 Å². The fourth-order valence-corrected chi connectivity index (χ4v) is 4.12. The van der Waals surface area contributed by atoms with Gasteiger partial charge in [0.1, 0.15) is 5.75 Å². The topological polar surface area (TPSA) is 93.7 Å². The van der Waals surface area contributed by atoms with Crippen molar-refractivity contribution in [1.82, 2.24) is 4.72 Å². The van der Waals surface area contributed by atoms with E-state index < -0.39 is 10.0 Å². The van der Waals surface area contributed by atoms with Gasteiger partial charge in [0.25, 0.3) is 5.91 Å². The molecule has 0 aliphatic heterocycles. The third kappa shape index (κ3) is 6.83. The highest BCUT2D eigenvalue weighted by molar-refractivity contribution is 7.89. The molecule has 0 aliphatic carbocycles. The number of nitrogens with one attached hydrogen (secondary N) is 2. The SMILES string of the molecule is COCC(C)NS(=O)(=O)c1ccc(NC(=O)COc2ccccc2C(C)(C)C)cc1. The van der Waals surface area contributed by atoms with Gasteiger partial charge in [-0.25, -0.2) is 13.1 Å². The van der Waals surface area contributed by atoms with Crippen LogP contribution in [0.3, 0.4) is 0 Å². The van der Waals surface area contributed by atoms with Crippen LogP contribution in [-0.4, -0.2) is 40.7 Å².